The number of nitrogens with one attached hydrogen (secondary N) is 1. The van der Waals surface area contributed by atoms with Crippen molar-refractivity contribution in [1.29, 1.82) is 0 Å². The Morgan fingerprint density at radius 2 is 2.07 bits per heavy atom. The first kappa shape index (κ1) is 19.5. The number of nitrogens with zero attached hydrogens (tertiary/aromatic N) is 3. The third kappa shape index (κ3) is 5.38. The fourth-order valence-electron chi connectivity index (χ4n) is 3.45. The predicted octanol–water partition coefficient (Wildman–Crippen LogP) is 3.24. The van der Waals surface area contributed by atoms with Crippen LogP contribution in [0.15, 0.2) is 29.4 Å². The number of amides is 1. The summed E-state index contributed by atoms with van der Waals surface area (Å²) in [6, 6.07) is 7.31. The maximum Gasteiger partial charge on any atom is 0.234 e. The van der Waals surface area contributed by atoms with Crippen LogP contribution >= 0.6 is 11.8 Å². The monoisotopic (exact) mass is 389 g/mol. The quantitative estimate of drug-likeness (QED) is 0.532. The van der Waals surface area contributed by atoms with Gasteiger partial charge in [0.15, 0.2) is 5.82 Å². The van der Waals surface area contributed by atoms with E-state index >= 15 is 0 Å². The first-order chi connectivity index (χ1) is 13.2. The zero-order chi connectivity index (χ0) is 19.1. The Balaban J connectivity index is 1.49. The zero-order valence-electron chi connectivity index (χ0n) is 15.7. The van der Waals surface area contributed by atoms with E-state index in [9.17, 15) is 4.79 Å². The zero-order valence-corrected chi connectivity index (χ0v) is 16.5. The van der Waals surface area contributed by atoms with E-state index in [1.807, 2.05) is 12.1 Å². The van der Waals surface area contributed by atoms with E-state index in [1.165, 1.54) is 48.5 Å². The molecule has 1 aliphatic carbocycles. The Morgan fingerprint density at radius 3 is 2.85 bits per heavy atom. The van der Waals surface area contributed by atoms with Crippen LogP contribution in [0.3, 0.4) is 0 Å². The Bertz CT molecular complexity index is 758. The van der Waals surface area contributed by atoms with E-state index in [4.69, 9.17) is 10.6 Å². The third-order valence-corrected chi connectivity index (χ3v) is 5.89. The van der Waals surface area contributed by atoms with Gasteiger partial charge < -0.3 is 15.9 Å². The van der Waals surface area contributed by atoms with Crippen molar-refractivity contribution in [1.82, 2.24) is 14.9 Å². The summed E-state index contributed by atoms with van der Waals surface area (Å²) in [5, 5.41) is 11.7. The van der Waals surface area contributed by atoms with Gasteiger partial charge in [-0.25, -0.2) is 4.68 Å². The number of methoxy groups -OCH3 is 1. The van der Waals surface area contributed by atoms with E-state index in [-0.39, 0.29) is 11.7 Å². The summed E-state index contributed by atoms with van der Waals surface area (Å²) in [5.41, 5.74) is 0.646. The van der Waals surface area contributed by atoms with Gasteiger partial charge >= 0.3 is 0 Å². The van der Waals surface area contributed by atoms with Gasteiger partial charge in [0.1, 0.15) is 5.75 Å². The van der Waals surface area contributed by atoms with Crippen molar-refractivity contribution in [2.75, 3.05) is 24.0 Å². The van der Waals surface area contributed by atoms with Gasteiger partial charge in [-0.3, -0.25) is 4.79 Å². The molecule has 0 radical (unpaired) electrons. The molecule has 7 nitrogen and oxygen atoms in total. The molecule has 27 heavy (non-hydrogen) atoms. The minimum absolute atomic E-state index is 0.142. The number of nitrogens with two attached hydrogens (primary N) is 1. The van der Waals surface area contributed by atoms with E-state index in [2.05, 4.69) is 15.5 Å². The second-order valence-corrected chi connectivity index (χ2v) is 7.79. The molecule has 0 bridgehead atoms. The number of thioether (sulfide) groups is 1. The van der Waals surface area contributed by atoms with Gasteiger partial charge in [0, 0.05) is 6.42 Å². The van der Waals surface area contributed by atoms with Gasteiger partial charge in [0.05, 0.1) is 18.6 Å². The third-order valence-electron chi connectivity index (χ3n) is 4.95. The van der Waals surface area contributed by atoms with Crippen LogP contribution in [0, 0.1) is 5.92 Å². The molecule has 0 aliphatic heterocycles. The van der Waals surface area contributed by atoms with Gasteiger partial charge in [-0.05, 0) is 24.5 Å². The summed E-state index contributed by atoms with van der Waals surface area (Å²) in [6.45, 7) is 0. The van der Waals surface area contributed by atoms with Gasteiger partial charge in [-0.1, -0.05) is 56.0 Å². The molecule has 1 aliphatic rings. The van der Waals surface area contributed by atoms with Crippen molar-refractivity contribution >= 4 is 23.4 Å². The summed E-state index contributed by atoms with van der Waals surface area (Å²) in [7, 11) is 1.57. The minimum atomic E-state index is -0.142. The van der Waals surface area contributed by atoms with Crippen LogP contribution in [-0.2, 0) is 11.2 Å². The molecule has 0 unspecified atom stereocenters. The lowest BCUT2D eigenvalue weighted by Gasteiger charge is -2.20. The van der Waals surface area contributed by atoms with E-state index in [0.717, 1.165) is 24.6 Å². The van der Waals surface area contributed by atoms with Crippen LogP contribution in [-0.4, -0.2) is 33.6 Å². The molecule has 0 atom stereocenters. The molecular formula is C19H27N5O2S. The van der Waals surface area contributed by atoms with Crippen molar-refractivity contribution in [2.45, 2.75) is 50.1 Å². The highest BCUT2D eigenvalue weighted by Crippen LogP contribution is 2.28. The first-order valence-corrected chi connectivity index (χ1v) is 10.4. The molecule has 146 valence electrons. The summed E-state index contributed by atoms with van der Waals surface area (Å²) < 4.78 is 6.76. The fourth-order valence-corrected chi connectivity index (χ4v) is 4.12. The molecule has 0 saturated heterocycles. The number of aryl methyl sites for hydroxylation is 1. The highest BCUT2D eigenvalue weighted by molar-refractivity contribution is 7.99. The number of carbonyl (C=O) groups excluding carboxylic acids is 1. The van der Waals surface area contributed by atoms with Crippen molar-refractivity contribution in [3.8, 4) is 5.75 Å². The standard InChI is InChI=1S/C19H27N5O2S/c1-26-16-10-6-5-9-15(16)21-18(25)13-27-19-23-22-17(24(19)20)12-11-14-7-3-2-4-8-14/h5-6,9-10,14H,2-4,7-8,11-13,20H2,1H3,(H,21,25). The number of benzene rings is 1. The van der Waals surface area contributed by atoms with E-state index < -0.39 is 0 Å². The summed E-state index contributed by atoms with van der Waals surface area (Å²) in [5.74, 6) is 8.37. The Morgan fingerprint density at radius 1 is 1.30 bits per heavy atom. The lowest BCUT2D eigenvalue weighted by molar-refractivity contribution is -0.113. The summed E-state index contributed by atoms with van der Waals surface area (Å²) in [4.78, 5) is 12.2. The molecule has 1 fully saturated rings. The summed E-state index contributed by atoms with van der Waals surface area (Å²) >= 11 is 1.28. The molecule has 1 heterocycles. The average molecular weight is 390 g/mol. The van der Waals surface area contributed by atoms with Crippen LogP contribution in [0.2, 0.25) is 0 Å². The molecule has 3 rings (SSSR count). The smallest absolute Gasteiger partial charge is 0.234 e. The summed E-state index contributed by atoms with van der Waals surface area (Å²) in [6.07, 6.45) is 8.59. The maximum atomic E-state index is 12.2. The van der Waals surface area contributed by atoms with Crippen LogP contribution in [0.1, 0.15) is 44.3 Å². The highest BCUT2D eigenvalue weighted by Gasteiger charge is 2.17. The first-order valence-electron chi connectivity index (χ1n) is 9.42. The van der Waals surface area contributed by atoms with Crippen LogP contribution in [0.25, 0.3) is 0 Å². The molecule has 3 N–H and O–H groups in total. The van der Waals surface area contributed by atoms with Crippen molar-refractivity contribution in [3.05, 3.63) is 30.1 Å². The lowest BCUT2D eigenvalue weighted by Crippen LogP contribution is -2.18. The van der Waals surface area contributed by atoms with Crippen molar-refractivity contribution in [3.63, 3.8) is 0 Å². The molecule has 1 saturated carbocycles. The number of aromatic nitrogens is 3. The molecule has 1 amide bonds. The normalized spacial score (nSPS) is 14.9. The number of anilines is 1. The van der Waals surface area contributed by atoms with E-state index in [0.29, 0.717) is 16.6 Å². The second kappa shape index (κ2) is 9.64. The average Bonchev–Trinajstić information content (AvgIpc) is 3.05. The number of para-hydroxylation sites is 2. The predicted molar refractivity (Wildman–Crippen MR) is 107 cm³/mol. The number of hydrogen-bond donors (Lipinski definition) is 2. The Kier molecular flexibility index (Phi) is 6.98. The number of hydrogen-bond acceptors (Lipinski definition) is 6. The van der Waals surface area contributed by atoms with Crippen molar-refractivity contribution in [2.24, 2.45) is 5.92 Å². The topological polar surface area (TPSA) is 95.1 Å². The molecule has 2 aromatic rings. The molecule has 1 aromatic carbocycles. The van der Waals surface area contributed by atoms with E-state index in [1.54, 1.807) is 19.2 Å². The Labute approximate surface area is 164 Å². The lowest BCUT2D eigenvalue weighted by atomic mass is 9.86. The number of nitrogen functional groups attached to an aromatic ring is 1. The van der Waals surface area contributed by atoms with Gasteiger partial charge in [0.25, 0.3) is 0 Å². The molecule has 1 aromatic heterocycles. The van der Waals surface area contributed by atoms with Crippen LogP contribution < -0.4 is 15.9 Å². The van der Waals surface area contributed by atoms with Crippen LogP contribution in [0.4, 0.5) is 5.69 Å². The molecular weight excluding hydrogens is 362 g/mol. The molecule has 0 spiro atoms. The van der Waals surface area contributed by atoms with Crippen molar-refractivity contribution < 1.29 is 9.53 Å². The number of carbonyl (C=O) groups is 1. The fraction of sp³-hybridized carbons (Fsp3) is 0.526. The van der Waals surface area contributed by atoms with Gasteiger partial charge in [-0.2, -0.15) is 0 Å². The minimum Gasteiger partial charge on any atom is -0.495 e. The maximum absolute atomic E-state index is 12.2. The van der Waals surface area contributed by atoms with Gasteiger partial charge in [0.2, 0.25) is 11.1 Å². The largest absolute Gasteiger partial charge is 0.495 e. The SMILES string of the molecule is COc1ccccc1NC(=O)CSc1nnc(CCC2CCCCC2)n1N. The second-order valence-electron chi connectivity index (χ2n) is 6.85. The highest BCUT2D eigenvalue weighted by atomic mass is 32.2. The van der Waals surface area contributed by atoms with Crippen LogP contribution in [0.5, 0.6) is 5.75 Å². The molecule has 8 heteroatoms. The van der Waals surface area contributed by atoms with Gasteiger partial charge in [-0.15, -0.1) is 10.2 Å². The number of ether oxygens (including phenoxy) is 1. The Hall–Kier alpha value is -2.22. The number of rotatable bonds is 8.